The minimum atomic E-state index is -0.103. The van der Waals surface area contributed by atoms with Crippen LogP contribution in [-0.2, 0) is 4.79 Å². The van der Waals surface area contributed by atoms with Crippen molar-refractivity contribution in [3.63, 3.8) is 0 Å². The molecule has 3 atom stereocenters. The maximum atomic E-state index is 13.3. The molecular weight excluding hydrogens is 381 g/mol. The number of nitrogens with one attached hydrogen (secondary N) is 1. The number of halogens is 2. The Morgan fingerprint density at radius 1 is 1.15 bits per heavy atom. The van der Waals surface area contributed by atoms with Gasteiger partial charge in [0.1, 0.15) is 5.75 Å². The number of ketones is 1. The van der Waals surface area contributed by atoms with E-state index in [4.69, 9.17) is 23.2 Å². The molecule has 1 saturated carbocycles. The first-order valence-corrected chi connectivity index (χ1v) is 9.88. The number of piperidine rings is 1. The maximum absolute atomic E-state index is 13.3. The SMILES string of the molecule is CC12CCC(c3cccc(O)c3)C(C1)C(=O)C(=Cc1ccc(Cl)c(Cl)c1)N2. The molecule has 1 aliphatic heterocycles. The number of phenolic OH excluding ortho intramolecular Hbond substituents is 1. The maximum Gasteiger partial charge on any atom is 0.182 e. The Kier molecular flexibility index (Phi) is 4.69. The van der Waals surface area contributed by atoms with E-state index in [0.29, 0.717) is 15.7 Å². The molecule has 0 radical (unpaired) electrons. The van der Waals surface area contributed by atoms with Gasteiger partial charge in [-0.1, -0.05) is 41.4 Å². The first kappa shape index (κ1) is 18.4. The predicted octanol–water partition coefficient (Wildman–Crippen LogP) is 5.55. The van der Waals surface area contributed by atoms with E-state index in [-0.39, 0.29) is 28.9 Å². The number of aromatic hydroxyl groups is 1. The van der Waals surface area contributed by atoms with Gasteiger partial charge in [0.05, 0.1) is 15.7 Å². The van der Waals surface area contributed by atoms with Crippen LogP contribution in [0.2, 0.25) is 10.0 Å². The Morgan fingerprint density at radius 2 is 1.96 bits per heavy atom. The number of phenols is 1. The molecule has 1 heterocycles. The fourth-order valence-corrected chi connectivity index (χ4v) is 4.72. The number of hydrogen-bond donors (Lipinski definition) is 2. The largest absolute Gasteiger partial charge is 0.508 e. The van der Waals surface area contributed by atoms with Crippen molar-refractivity contribution in [3.05, 3.63) is 69.3 Å². The summed E-state index contributed by atoms with van der Waals surface area (Å²) >= 11 is 12.1. The molecule has 2 bridgehead atoms. The van der Waals surface area contributed by atoms with Crippen LogP contribution in [-0.4, -0.2) is 16.4 Å². The van der Waals surface area contributed by atoms with Crippen molar-refractivity contribution >= 4 is 35.1 Å². The molecule has 5 heteroatoms. The number of Topliss-reactive ketones (excluding diaryl/α,β-unsaturated/α-hetero) is 1. The highest BCUT2D eigenvalue weighted by Crippen LogP contribution is 2.47. The van der Waals surface area contributed by atoms with Crippen molar-refractivity contribution < 1.29 is 9.90 Å². The molecular formula is C22H21Cl2NO2. The Morgan fingerprint density at radius 3 is 2.70 bits per heavy atom. The molecule has 3 nitrogen and oxygen atoms in total. The molecule has 2 aliphatic rings. The molecule has 0 spiro atoms. The van der Waals surface area contributed by atoms with Gasteiger partial charge in [-0.05, 0) is 73.6 Å². The second kappa shape index (κ2) is 6.88. The van der Waals surface area contributed by atoms with E-state index in [2.05, 4.69) is 12.2 Å². The number of fused-ring (bicyclic) bond motifs is 2. The predicted molar refractivity (Wildman–Crippen MR) is 109 cm³/mol. The van der Waals surface area contributed by atoms with E-state index >= 15 is 0 Å². The summed E-state index contributed by atoms with van der Waals surface area (Å²) in [5, 5.41) is 14.3. The lowest BCUT2D eigenvalue weighted by molar-refractivity contribution is -0.124. The first-order valence-electron chi connectivity index (χ1n) is 9.13. The Bertz CT molecular complexity index is 940. The Hall–Kier alpha value is -1.97. The molecule has 2 aromatic rings. The van der Waals surface area contributed by atoms with Gasteiger partial charge in [0.15, 0.2) is 5.78 Å². The Labute approximate surface area is 169 Å². The highest BCUT2D eigenvalue weighted by molar-refractivity contribution is 6.42. The van der Waals surface area contributed by atoms with Crippen LogP contribution < -0.4 is 5.32 Å². The van der Waals surface area contributed by atoms with Gasteiger partial charge >= 0.3 is 0 Å². The lowest BCUT2D eigenvalue weighted by atomic mass is 9.64. The van der Waals surface area contributed by atoms with Gasteiger partial charge < -0.3 is 10.4 Å². The highest BCUT2D eigenvalue weighted by Gasteiger charge is 2.47. The van der Waals surface area contributed by atoms with Crippen LogP contribution >= 0.6 is 23.2 Å². The smallest absolute Gasteiger partial charge is 0.182 e. The van der Waals surface area contributed by atoms with Crippen molar-refractivity contribution in [2.45, 2.75) is 37.6 Å². The average molecular weight is 402 g/mol. The van der Waals surface area contributed by atoms with Crippen LogP contribution in [0, 0.1) is 5.92 Å². The minimum absolute atomic E-state index is 0.0965. The van der Waals surface area contributed by atoms with Gasteiger partial charge in [0.25, 0.3) is 0 Å². The molecule has 2 fully saturated rings. The number of rotatable bonds is 2. The van der Waals surface area contributed by atoms with Crippen LogP contribution in [0.1, 0.15) is 43.2 Å². The van der Waals surface area contributed by atoms with E-state index in [1.807, 2.05) is 24.3 Å². The summed E-state index contributed by atoms with van der Waals surface area (Å²) in [5.74, 6) is 0.387. The van der Waals surface area contributed by atoms with Gasteiger partial charge in [0.2, 0.25) is 0 Å². The zero-order valence-corrected chi connectivity index (χ0v) is 16.5. The summed E-state index contributed by atoms with van der Waals surface area (Å²) in [5.41, 5.74) is 2.40. The van der Waals surface area contributed by atoms with Crippen LogP contribution in [0.3, 0.4) is 0 Å². The van der Waals surface area contributed by atoms with Crippen LogP contribution in [0.15, 0.2) is 48.2 Å². The quantitative estimate of drug-likeness (QED) is 0.647. The van der Waals surface area contributed by atoms with E-state index in [1.165, 1.54) is 0 Å². The van der Waals surface area contributed by atoms with Gasteiger partial charge in [-0.25, -0.2) is 0 Å². The molecule has 3 unspecified atom stereocenters. The van der Waals surface area contributed by atoms with E-state index in [1.54, 1.807) is 24.3 Å². The third-order valence-corrected chi connectivity index (χ3v) is 6.49. The second-order valence-corrected chi connectivity index (χ2v) is 8.65. The monoisotopic (exact) mass is 401 g/mol. The summed E-state index contributed by atoms with van der Waals surface area (Å²) in [6.45, 7) is 2.17. The minimum Gasteiger partial charge on any atom is -0.508 e. The van der Waals surface area contributed by atoms with E-state index in [0.717, 1.165) is 30.4 Å². The fraction of sp³-hybridized carbons (Fsp3) is 0.318. The molecule has 27 heavy (non-hydrogen) atoms. The molecule has 0 amide bonds. The van der Waals surface area contributed by atoms with Crippen LogP contribution in [0.5, 0.6) is 5.75 Å². The summed E-state index contributed by atoms with van der Waals surface area (Å²) in [4.78, 5) is 13.3. The molecule has 140 valence electrons. The van der Waals surface area contributed by atoms with Crippen molar-refractivity contribution in [1.29, 1.82) is 0 Å². The third kappa shape index (κ3) is 3.59. The van der Waals surface area contributed by atoms with Crippen molar-refractivity contribution in [1.82, 2.24) is 5.32 Å². The second-order valence-electron chi connectivity index (χ2n) is 7.83. The number of carbonyl (C=O) groups is 1. The topological polar surface area (TPSA) is 49.3 Å². The molecule has 0 aromatic heterocycles. The standard InChI is InChI=1S/C22H21Cl2NO2/c1-22-8-7-16(14-3-2-4-15(26)11-14)17(12-22)21(27)20(25-22)10-13-5-6-18(23)19(24)9-13/h2-6,9-11,16-17,25-26H,7-8,12H2,1H3. The summed E-state index contributed by atoms with van der Waals surface area (Å²) in [7, 11) is 0. The zero-order valence-electron chi connectivity index (χ0n) is 15.0. The van der Waals surface area contributed by atoms with Crippen molar-refractivity contribution in [2.24, 2.45) is 5.92 Å². The van der Waals surface area contributed by atoms with Gasteiger partial charge in [-0.3, -0.25) is 4.79 Å². The normalized spacial score (nSPS) is 28.9. The first-order chi connectivity index (χ1) is 12.8. The van der Waals surface area contributed by atoms with Crippen LogP contribution in [0.25, 0.3) is 6.08 Å². The van der Waals surface area contributed by atoms with Crippen molar-refractivity contribution in [3.8, 4) is 5.75 Å². The number of benzene rings is 2. The van der Waals surface area contributed by atoms with Gasteiger partial charge in [-0.15, -0.1) is 0 Å². The van der Waals surface area contributed by atoms with Crippen molar-refractivity contribution in [2.75, 3.05) is 0 Å². The van der Waals surface area contributed by atoms with E-state index in [9.17, 15) is 9.90 Å². The highest BCUT2D eigenvalue weighted by atomic mass is 35.5. The third-order valence-electron chi connectivity index (χ3n) is 5.75. The number of hydrogen-bond acceptors (Lipinski definition) is 3. The molecule has 1 aliphatic carbocycles. The van der Waals surface area contributed by atoms with Gasteiger partial charge in [-0.2, -0.15) is 0 Å². The molecule has 1 saturated heterocycles. The summed E-state index contributed by atoms with van der Waals surface area (Å²) < 4.78 is 0. The molecule has 2 N–H and O–H groups in total. The average Bonchev–Trinajstić information content (AvgIpc) is 2.62. The summed E-state index contributed by atoms with van der Waals surface area (Å²) in [6, 6.07) is 12.7. The van der Waals surface area contributed by atoms with Gasteiger partial charge in [0, 0.05) is 11.5 Å². The molecule has 2 aromatic carbocycles. The van der Waals surface area contributed by atoms with E-state index < -0.39 is 0 Å². The summed E-state index contributed by atoms with van der Waals surface area (Å²) in [6.07, 6.45) is 4.55. The lowest BCUT2D eigenvalue weighted by Gasteiger charge is -2.48. The number of allylic oxidation sites excluding steroid dienone is 1. The molecule has 4 rings (SSSR count). The Balaban J connectivity index is 1.69. The lowest BCUT2D eigenvalue weighted by Crippen LogP contribution is -2.55. The van der Waals surface area contributed by atoms with Crippen LogP contribution in [0.4, 0.5) is 0 Å². The zero-order chi connectivity index (χ0) is 19.2. The fourth-order valence-electron chi connectivity index (χ4n) is 4.41. The number of carbonyl (C=O) groups excluding carboxylic acids is 1.